The van der Waals surface area contributed by atoms with Crippen LogP contribution in [-0.4, -0.2) is 52.5 Å². The minimum absolute atomic E-state index is 0.0142. The van der Waals surface area contributed by atoms with Gasteiger partial charge in [0.2, 0.25) is 5.91 Å². The third-order valence-corrected chi connectivity index (χ3v) is 7.67. The smallest absolute Gasteiger partial charge is 0.344 e. The molecule has 0 aliphatic carbocycles. The van der Waals surface area contributed by atoms with Crippen molar-refractivity contribution < 1.29 is 24.2 Å². The highest BCUT2D eigenvalue weighted by Gasteiger charge is 2.33. The van der Waals surface area contributed by atoms with Gasteiger partial charge in [0.05, 0.1) is 23.3 Å². The van der Waals surface area contributed by atoms with E-state index in [4.69, 9.17) is 21.1 Å². The summed E-state index contributed by atoms with van der Waals surface area (Å²) < 4.78 is 12.7. The molecule has 3 aromatic rings. The number of carbonyl (C=O) groups excluding carboxylic acids is 2. The molecule has 1 fully saturated rings. The number of benzene rings is 2. The second kappa shape index (κ2) is 12.1. The molecule has 0 saturated carbocycles. The molecule has 3 heterocycles. The predicted octanol–water partition coefficient (Wildman–Crippen LogP) is 5.78. The van der Waals surface area contributed by atoms with Crippen LogP contribution in [0.25, 0.3) is 17.0 Å². The number of aliphatic imine (C=N–C) groups is 1. The normalized spacial score (nSPS) is 19.4. The van der Waals surface area contributed by atoms with Crippen LogP contribution in [0.15, 0.2) is 76.0 Å². The van der Waals surface area contributed by atoms with Crippen LogP contribution in [0.2, 0.25) is 5.02 Å². The Kier molecular flexibility index (Phi) is 8.40. The molecule has 39 heavy (non-hydrogen) atoms. The minimum Gasteiger partial charge on any atom is -0.506 e. The van der Waals surface area contributed by atoms with Crippen LogP contribution < -0.4 is 5.32 Å². The molecule has 10 heteroatoms. The topological polar surface area (TPSA) is 102 Å². The molecule has 0 bridgehead atoms. The van der Waals surface area contributed by atoms with Gasteiger partial charge < -0.3 is 24.5 Å². The lowest BCUT2D eigenvalue weighted by atomic mass is 10.1. The highest BCUT2D eigenvalue weighted by atomic mass is 35.5. The molecule has 2 aromatic carbocycles. The van der Waals surface area contributed by atoms with Crippen LogP contribution >= 0.6 is 23.4 Å². The van der Waals surface area contributed by atoms with Gasteiger partial charge in [0.15, 0.2) is 0 Å². The van der Waals surface area contributed by atoms with E-state index in [1.165, 1.54) is 11.8 Å². The Labute approximate surface area is 235 Å². The standard InChI is InChI=1S/C29H28ClN3O5S/c1-2-37-29(36)26-27(35)24(39-28(26)32-20-11-9-19(30)10-12-20)14-18-16-33(23-8-4-3-7-22(18)23)17-25(34)31-15-21-6-5-13-38-21/h3-4,7-12,14,16,21,35H,2,5-6,13,15,17H2,1H3,(H,31,34)/b24-14-,32-28?/t21-/m0/s1. The highest BCUT2D eigenvalue weighted by molar-refractivity contribution is 8.18. The van der Waals surface area contributed by atoms with Crippen LogP contribution in [0.3, 0.4) is 0 Å². The lowest BCUT2D eigenvalue weighted by Gasteiger charge is -2.11. The number of fused-ring (bicyclic) bond motifs is 1. The summed E-state index contributed by atoms with van der Waals surface area (Å²) in [4.78, 5) is 30.5. The fourth-order valence-electron chi connectivity index (χ4n) is 4.53. The van der Waals surface area contributed by atoms with Gasteiger partial charge in [-0.1, -0.05) is 41.6 Å². The van der Waals surface area contributed by atoms with Crippen molar-refractivity contribution in [3.8, 4) is 0 Å². The van der Waals surface area contributed by atoms with Crippen LogP contribution in [-0.2, 0) is 25.6 Å². The Balaban J connectivity index is 1.45. The number of amides is 1. The van der Waals surface area contributed by atoms with Gasteiger partial charge in [-0.15, -0.1) is 0 Å². The number of aliphatic hydroxyl groups is 1. The zero-order valence-corrected chi connectivity index (χ0v) is 22.9. The van der Waals surface area contributed by atoms with Crippen molar-refractivity contribution in [3.63, 3.8) is 0 Å². The van der Waals surface area contributed by atoms with E-state index in [9.17, 15) is 14.7 Å². The molecule has 0 spiro atoms. The quantitative estimate of drug-likeness (QED) is 0.336. The van der Waals surface area contributed by atoms with E-state index in [0.29, 0.717) is 27.2 Å². The number of aromatic nitrogens is 1. The molecule has 8 nitrogen and oxygen atoms in total. The number of hydrogen-bond donors (Lipinski definition) is 2. The van der Waals surface area contributed by atoms with Gasteiger partial charge in [0, 0.05) is 40.8 Å². The molecule has 2 aliphatic rings. The molecular formula is C29H28ClN3O5S. The van der Waals surface area contributed by atoms with Crippen LogP contribution in [0.1, 0.15) is 25.3 Å². The Morgan fingerprint density at radius 3 is 2.79 bits per heavy atom. The summed E-state index contributed by atoms with van der Waals surface area (Å²) in [5.74, 6) is -0.952. The number of ether oxygens (including phenoxy) is 2. The third kappa shape index (κ3) is 6.21. The van der Waals surface area contributed by atoms with Gasteiger partial charge in [-0.2, -0.15) is 0 Å². The van der Waals surface area contributed by atoms with Crippen LogP contribution in [0.5, 0.6) is 0 Å². The monoisotopic (exact) mass is 565 g/mol. The van der Waals surface area contributed by atoms with E-state index in [0.717, 1.165) is 35.9 Å². The van der Waals surface area contributed by atoms with Crippen molar-refractivity contribution in [1.82, 2.24) is 9.88 Å². The number of esters is 1. The summed E-state index contributed by atoms with van der Waals surface area (Å²) in [6.45, 7) is 3.25. The maximum Gasteiger partial charge on any atom is 0.344 e. The number of aliphatic hydroxyl groups excluding tert-OH is 1. The van der Waals surface area contributed by atoms with E-state index >= 15 is 0 Å². The van der Waals surface area contributed by atoms with Crippen LogP contribution in [0.4, 0.5) is 5.69 Å². The molecule has 1 aromatic heterocycles. The van der Waals surface area contributed by atoms with Crippen molar-refractivity contribution in [2.75, 3.05) is 19.8 Å². The fourth-order valence-corrected chi connectivity index (χ4v) is 5.68. The fraction of sp³-hybridized carbons (Fsp3) is 0.276. The van der Waals surface area contributed by atoms with E-state index in [1.54, 1.807) is 37.3 Å². The van der Waals surface area contributed by atoms with E-state index in [1.807, 2.05) is 35.0 Å². The van der Waals surface area contributed by atoms with E-state index < -0.39 is 5.97 Å². The zero-order valence-electron chi connectivity index (χ0n) is 21.4. The first kappa shape index (κ1) is 27.1. The van der Waals surface area contributed by atoms with Gasteiger partial charge in [0.25, 0.3) is 0 Å². The summed E-state index contributed by atoms with van der Waals surface area (Å²) in [5, 5.41) is 15.9. The number of halogens is 1. The zero-order chi connectivity index (χ0) is 27.4. The van der Waals surface area contributed by atoms with Crippen molar-refractivity contribution in [3.05, 3.63) is 81.6 Å². The average Bonchev–Trinajstić information content (AvgIpc) is 3.64. The molecule has 5 rings (SSSR count). The summed E-state index contributed by atoms with van der Waals surface area (Å²) in [7, 11) is 0. The summed E-state index contributed by atoms with van der Waals surface area (Å²) in [6, 6.07) is 14.6. The number of para-hydroxylation sites is 1. The van der Waals surface area contributed by atoms with Crippen molar-refractivity contribution in [1.29, 1.82) is 0 Å². The number of nitrogens with zero attached hydrogens (tertiary/aromatic N) is 2. The molecule has 1 atom stereocenters. The van der Waals surface area contributed by atoms with Gasteiger partial charge >= 0.3 is 5.97 Å². The van der Waals surface area contributed by atoms with E-state index in [2.05, 4.69) is 10.3 Å². The SMILES string of the molecule is CCOC(=O)C1=C(O)/C(=C/c2cn(CC(=O)NC[C@@H]3CCCO3)c3ccccc23)SC1=Nc1ccc(Cl)cc1. The Morgan fingerprint density at radius 2 is 2.05 bits per heavy atom. The van der Waals surface area contributed by atoms with Gasteiger partial charge in [-0.05, 0) is 56.2 Å². The molecule has 2 N–H and O–H groups in total. The Morgan fingerprint density at radius 1 is 1.26 bits per heavy atom. The first-order valence-electron chi connectivity index (χ1n) is 12.7. The molecule has 1 saturated heterocycles. The second-order valence-electron chi connectivity index (χ2n) is 9.12. The number of nitrogens with one attached hydrogen (secondary N) is 1. The second-order valence-corrected chi connectivity index (χ2v) is 10.6. The van der Waals surface area contributed by atoms with Crippen LogP contribution in [0, 0.1) is 0 Å². The number of hydrogen-bond acceptors (Lipinski definition) is 7. The first-order chi connectivity index (χ1) is 18.9. The Bertz CT molecular complexity index is 1490. The molecule has 1 amide bonds. The maximum atomic E-state index is 12.8. The third-order valence-electron chi connectivity index (χ3n) is 6.40. The van der Waals surface area contributed by atoms with Gasteiger partial charge in [-0.3, -0.25) is 4.79 Å². The molecule has 0 radical (unpaired) electrons. The van der Waals surface area contributed by atoms with Crippen molar-refractivity contribution in [2.24, 2.45) is 4.99 Å². The number of rotatable bonds is 8. The lowest BCUT2D eigenvalue weighted by molar-refractivity contribution is -0.138. The van der Waals surface area contributed by atoms with Crippen molar-refractivity contribution in [2.45, 2.75) is 32.4 Å². The summed E-state index contributed by atoms with van der Waals surface area (Å²) >= 11 is 7.17. The summed E-state index contributed by atoms with van der Waals surface area (Å²) in [6.07, 6.45) is 5.71. The van der Waals surface area contributed by atoms with Crippen molar-refractivity contribution >= 4 is 62.9 Å². The molecule has 2 aliphatic heterocycles. The van der Waals surface area contributed by atoms with Gasteiger partial charge in [0.1, 0.15) is 22.9 Å². The first-order valence-corrected chi connectivity index (χ1v) is 13.9. The number of carbonyl (C=O) groups is 2. The molecular weight excluding hydrogens is 538 g/mol. The average molecular weight is 566 g/mol. The largest absolute Gasteiger partial charge is 0.506 e. The lowest BCUT2D eigenvalue weighted by Crippen LogP contribution is -2.34. The maximum absolute atomic E-state index is 12.8. The van der Waals surface area contributed by atoms with E-state index in [-0.39, 0.29) is 36.5 Å². The minimum atomic E-state index is -0.649. The highest BCUT2D eigenvalue weighted by Crippen LogP contribution is 2.41. The predicted molar refractivity (Wildman–Crippen MR) is 154 cm³/mol. The number of thioether (sulfide) groups is 1. The molecule has 0 unspecified atom stereocenters. The Hall–Kier alpha value is -3.53. The summed E-state index contributed by atoms with van der Waals surface area (Å²) in [5.41, 5.74) is 2.27. The molecule has 202 valence electrons. The van der Waals surface area contributed by atoms with Gasteiger partial charge in [-0.25, -0.2) is 9.79 Å².